The van der Waals surface area contributed by atoms with Gasteiger partial charge in [0.15, 0.2) is 5.17 Å². The Morgan fingerprint density at radius 1 is 1.07 bits per heavy atom. The van der Waals surface area contributed by atoms with Crippen LogP contribution in [0.25, 0.3) is 5.82 Å². The number of rotatable bonds is 3. The largest absolute Gasteiger partial charge is 0.339 e. The Morgan fingerprint density at radius 2 is 2.00 bits per heavy atom. The lowest BCUT2D eigenvalue weighted by atomic mass is 10.0. The summed E-state index contributed by atoms with van der Waals surface area (Å²) in [4.78, 5) is 16.8. The summed E-state index contributed by atoms with van der Waals surface area (Å²) in [6.07, 6.45) is 5.86. The summed E-state index contributed by atoms with van der Waals surface area (Å²) < 4.78 is 2.19. The molecule has 1 saturated heterocycles. The molecule has 6 heteroatoms. The standard InChI is InChI=1S/C21H21N5S/c1-14-8-9-18(23-12-14)25-11-5-7-17(25)20-19(16-6-3-4-10-22-16)24-21-26(20)13-15(2)27-21/h3-12,15,19-20H,13H2,1-2H3/t15-,19+,20-/m1/s1. The molecule has 3 aromatic rings. The SMILES string of the molecule is Cc1ccc(-n2cccc2[C@@H]2[C@H](c3ccccn3)N=C3S[C@H](C)CN32)nc1. The maximum atomic E-state index is 5.07. The van der Waals surface area contributed by atoms with Crippen LogP contribution < -0.4 is 0 Å². The van der Waals surface area contributed by atoms with Gasteiger partial charge in [0.05, 0.1) is 11.7 Å². The molecule has 3 atom stereocenters. The van der Waals surface area contributed by atoms with Crippen LogP contribution in [0, 0.1) is 6.92 Å². The van der Waals surface area contributed by atoms with E-state index in [4.69, 9.17) is 4.99 Å². The predicted octanol–water partition coefficient (Wildman–Crippen LogP) is 4.17. The van der Waals surface area contributed by atoms with Crippen LogP contribution in [-0.2, 0) is 0 Å². The highest BCUT2D eigenvalue weighted by Crippen LogP contribution is 2.47. The number of thioether (sulfide) groups is 1. The Hall–Kier alpha value is -2.60. The van der Waals surface area contributed by atoms with Crippen LogP contribution in [0.15, 0.2) is 66.0 Å². The zero-order valence-corrected chi connectivity index (χ0v) is 16.2. The molecule has 0 radical (unpaired) electrons. The summed E-state index contributed by atoms with van der Waals surface area (Å²) in [5.74, 6) is 0.939. The third-order valence-corrected chi connectivity index (χ3v) is 6.21. The lowest BCUT2D eigenvalue weighted by molar-refractivity contribution is 0.312. The second-order valence-corrected chi connectivity index (χ2v) is 8.54. The van der Waals surface area contributed by atoms with Crippen LogP contribution >= 0.6 is 11.8 Å². The number of amidine groups is 1. The molecular formula is C21H21N5S. The van der Waals surface area contributed by atoms with Crippen LogP contribution in [-0.4, -0.2) is 36.4 Å². The fraction of sp³-hybridized carbons (Fsp3) is 0.286. The Kier molecular flexibility index (Phi) is 4.01. The maximum absolute atomic E-state index is 5.07. The summed E-state index contributed by atoms with van der Waals surface area (Å²) in [7, 11) is 0. The molecule has 0 saturated carbocycles. The van der Waals surface area contributed by atoms with Crippen molar-refractivity contribution in [2.24, 2.45) is 4.99 Å². The molecule has 0 N–H and O–H groups in total. The van der Waals surface area contributed by atoms with Crippen LogP contribution in [0.5, 0.6) is 0 Å². The van der Waals surface area contributed by atoms with Gasteiger partial charge in [0.1, 0.15) is 11.9 Å². The molecule has 2 aliphatic heterocycles. The highest BCUT2D eigenvalue weighted by atomic mass is 32.2. The van der Waals surface area contributed by atoms with Gasteiger partial charge in [0.2, 0.25) is 0 Å². The van der Waals surface area contributed by atoms with E-state index in [2.05, 4.69) is 69.8 Å². The van der Waals surface area contributed by atoms with Crippen molar-refractivity contribution >= 4 is 16.9 Å². The van der Waals surface area contributed by atoms with E-state index in [1.807, 2.05) is 36.3 Å². The average molecular weight is 376 g/mol. The molecule has 1 fully saturated rings. The van der Waals surface area contributed by atoms with Crippen molar-refractivity contribution in [3.63, 3.8) is 0 Å². The molecule has 0 amide bonds. The van der Waals surface area contributed by atoms with Crippen LogP contribution in [0.3, 0.4) is 0 Å². The normalized spacial score (nSPS) is 24.1. The van der Waals surface area contributed by atoms with Gasteiger partial charge in [-0.1, -0.05) is 30.8 Å². The second kappa shape index (κ2) is 6.53. The fourth-order valence-electron chi connectivity index (χ4n) is 3.88. The van der Waals surface area contributed by atoms with Crippen LogP contribution in [0.2, 0.25) is 0 Å². The minimum Gasteiger partial charge on any atom is -0.339 e. The molecule has 0 aliphatic carbocycles. The number of pyridine rings is 2. The second-order valence-electron chi connectivity index (χ2n) is 7.13. The molecule has 3 aromatic heterocycles. The summed E-state index contributed by atoms with van der Waals surface area (Å²) in [6.45, 7) is 5.33. The van der Waals surface area contributed by atoms with E-state index in [1.165, 1.54) is 5.69 Å². The molecule has 27 heavy (non-hydrogen) atoms. The molecule has 0 aromatic carbocycles. The van der Waals surface area contributed by atoms with Crippen molar-refractivity contribution in [1.29, 1.82) is 0 Å². The van der Waals surface area contributed by atoms with Crippen molar-refractivity contribution in [2.75, 3.05) is 6.54 Å². The first-order valence-corrected chi connectivity index (χ1v) is 10.1. The quantitative estimate of drug-likeness (QED) is 0.689. The van der Waals surface area contributed by atoms with Gasteiger partial charge in [0.25, 0.3) is 0 Å². The highest BCUT2D eigenvalue weighted by Gasteiger charge is 2.44. The van der Waals surface area contributed by atoms with E-state index < -0.39 is 0 Å². The monoisotopic (exact) mass is 375 g/mol. The smallest absolute Gasteiger partial charge is 0.160 e. The van der Waals surface area contributed by atoms with Gasteiger partial charge in [-0.3, -0.25) is 9.98 Å². The molecule has 136 valence electrons. The van der Waals surface area contributed by atoms with E-state index in [1.54, 1.807) is 0 Å². The molecule has 0 unspecified atom stereocenters. The highest BCUT2D eigenvalue weighted by molar-refractivity contribution is 8.14. The summed E-state index contributed by atoms with van der Waals surface area (Å²) in [5.41, 5.74) is 3.38. The lowest BCUT2D eigenvalue weighted by Gasteiger charge is -2.28. The summed E-state index contributed by atoms with van der Waals surface area (Å²) >= 11 is 1.86. The number of aromatic nitrogens is 3. The van der Waals surface area contributed by atoms with Gasteiger partial charge in [-0.15, -0.1) is 0 Å². The minimum atomic E-state index is 0.000276. The van der Waals surface area contributed by atoms with Gasteiger partial charge < -0.3 is 9.47 Å². The topological polar surface area (TPSA) is 46.3 Å². The van der Waals surface area contributed by atoms with E-state index in [0.29, 0.717) is 5.25 Å². The number of hydrogen-bond donors (Lipinski definition) is 0. The third kappa shape index (κ3) is 2.84. The third-order valence-electron chi connectivity index (χ3n) is 5.11. The first-order valence-electron chi connectivity index (χ1n) is 9.23. The number of aryl methyl sites for hydroxylation is 1. The first-order chi connectivity index (χ1) is 13.2. The number of nitrogens with zero attached hydrogens (tertiary/aromatic N) is 5. The number of hydrogen-bond acceptors (Lipinski definition) is 5. The van der Waals surface area contributed by atoms with E-state index in [0.717, 1.165) is 28.8 Å². The molecule has 0 spiro atoms. The van der Waals surface area contributed by atoms with E-state index >= 15 is 0 Å². The Bertz CT molecular complexity index is 979. The zero-order chi connectivity index (χ0) is 18.4. The molecule has 0 bridgehead atoms. The first kappa shape index (κ1) is 16.6. The van der Waals surface area contributed by atoms with Gasteiger partial charge in [-0.2, -0.15) is 0 Å². The van der Waals surface area contributed by atoms with Gasteiger partial charge in [-0.05, 0) is 42.8 Å². The molecule has 5 rings (SSSR count). The summed E-state index contributed by atoms with van der Waals surface area (Å²) in [5, 5.41) is 1.68. The Labute approximate surface area is 163 Å². The van der Waals surface area contributed by atoms with Crippen LogP contribution in [0.1, 0.15) is 36.0 Å². The Balaban J connectivity index is 1.60. The van der Waals surface area contributed by atoms with Gasteiger partial charge in [0, 0.05) is 36.1 Å². The number of aliphatic imine (C=N–C) groups is 1. The molecule has 2 aliphatic rings. The Morgan fingerprint density at radius 3 is 2.78 bits per heavy atom. The van der Waals surface area contributed by atoms with Crippen molar-refractivity contribution in [3.8, 4) is 5.82 Å². The average Bonchev–Trinajstić information content (AvgIpc) is 3.37. The molecular weight excluding hydrogens is 354 g/mol. The molecule has 5 heterocycles. The van der Waals surface area contributed by atoms with E-state index in [9.17, 15) is 0 Å². The minimum absolute atomic E-state index is 0.000276. The predicted molar refractivity (Wildman–Crippen MR) is 109 cm³/mol. The summed E-state index contributed by atoms with van der Waals surface area (Å²) in [6, 6.07) is 14.7. The van der Waals surface area contributed by atoms with Crippen LogP contribution in [0.4, 0.5) is 0 Å². The van der Waals surface area contributed by atoms with Gasteiger partial charge >= 0.3 is 0 Å². The zero-order valence-electron chi connectivity index (χ0n) is 15.4. The van der Waals surface area contributed by atoms with Crippen molar-refractivity contribution in [3.05, 3.63) is 78.0 Å². The maximum Gasteiger partial charge on any atom is 0.160 e. The van der Waals surface area contributed by atoms with Crippen molar-refractivity contribution in [1.82, 2.24) is 19.4 Å². The van der Waals surface area contributed by atoms with E-state index in [-0.39, 0.29) is 12.1 Å². The number of fused-ring (bicyclic) bond motifs is 1. The lowest BCUT2D eigenvalue weighted by Crippen LogP contribution is -2.30. The van der Waals surface area contributed by atoms with Crippen molar-refractivity contribution < 1.29 is 0 Å². The molecule has 5 nitrogen and oxygen atoms in total. The fourth-order valence-corrected chi connectivity index (χ4v) is 4.98. The van der Waals surface area contributed by atoms with Crippen molar-refractivity contribution in [2.45, 2.75) is 31.2 Å². The van der Waals surface area contributed by atoms with Gasteiger partial charge in [-0.25, -0.2) is 4.98 Å².